The van der Waals surface area contributed by atoms with Crippen molar-refractivity contribution >= 4 is 61.6 Å². The zero-order chi connectivity index (χ0) is 30.7. The van der Waals surface area contributed by atoms with Gasteiger partial charge in [0, 0.05) is 39.3 Å². The van der Waals surface area contributed by atoms with E-state index in [1.807, 2.05) is 43.8 Å². The maximum absolute atomic E-state index is 12.8. The number of aromatic nitrogens is 2. The van der Waals surface area contributed by atoms with Crippen LogP contribution in [0.2, 0.25) is 0 Å². The molecule has 4 heterocycles. The molecule has 2 aromatic heterocycles. The minimum absolute atomic E-state index is 0. The Labute approximate surface area is 274 Å². The summed E-state index contributed by atoms with van der Waals surface area (Å²) >= 11 is 3.31. The number of nitrogens with zero attached hydrogens (tertiary/aromatic N) is 3. The lowest BCUT2D eigenvalue weighted by atomic mass is 9.87. The molecule has 11 heteroatoms. The first-order valence-corrected chi connectivity index (χ1v) is 16.8. The van der Waals surface area contributed by atoms with Gasteiger partial charge in [-0.05, 0) is 74.9 Å². The second-order valence-corrected chi connectivity index (χ2v) is 14.5. The second kappa shape index (κ2) is 14.8. The standard InChI is InChI=1S/C19H26N2O3S.C14H18N2OS.ClH/c1-12-10-21(18(22)24-19(2,3)4)15(9-16(12)23-5)13-6-7-17-14(8-13)20-11-25-17;1-9-7-15-11(6-13(9)17-2)10-3-4-14-12(5-10)16-8-18-14;/h6-8,11-12,15-16H,9-10H2,1-5H3;3-5,8-9,11,13,15H,6-7H2,1-2H3;1H/t12-,15-,16?;9-,11-,13?;/m00./s1. The summed E-state index contributed by atoms with van der Waals surface area (Å²) in [6, 6.07) is 13.1. The Balaban J connectivity index is 0.000000206. The van der Waals surface area contributed by atoms with Crippen LogP contribution in [0.3, 0.4) is 0 Å². The lowest BCUT2D eigenvalue weighted by molar-refractivity contribution is -0.0416. The average Bonchev–Trinajstić information content (AvgIpc) is 3.65. The molecule has 4 aromatic rings. The molecule has 0 spiro atoms. The van der Waals surface area contributed by atoms with Crippen molar-refractivity contribution < 1.29 is 19.0 Å². The normalized spacial score (nSPS) is 25.7. The number of likely N-dealkylation sites (tertiary alicyclic amines) is 1. The number of carbonyl (C=O) groups excluding carboxylic acids is 1. The van der Waals surface area contributed by atoms with Crippen LogP contribution in [0.5, 0.6) is 0 Å². The summed E-state index contributed by atoms with van der Waals surface area (Å²) in [5, 5.41) is 3.60. The van der Waals surface area contributed by atoms with Gasteiger partial charge in [-0.2, -0.15) is 0 Å². The van der Waals surface area contributed by atoms with E-state index in [1.165, 1.54) is 10.3 Å². The van der Waals surface area contributed by atoms with E-state index in [9.17, 15) is 4.79 Å². The third-order valence-electron chi connectivity index (χ3n) is 8.47. The molecular weight excluding hydrogens is 616 g/mol. The molecule has 1 N–H and O–H groups in total. The van der Waals surface area contributed by atoms with Gasteiger partial charge in [0.1, 0.15) is 5.60 Å². The number of hydrogen-bond donors (Lipinski definition) is 1. The molecule has 6 atom stereocenters. The molecule has 8 nitrogen and oxygen atoms in total. The van der Waals surface area contributed by atoms with Crippen LogP contribution in [0.1, 0.15) is 70.7 Å². The first-order chi connectivity index (χ1) is 20.6. The highest BCUT2D eigenvalue weighted by atomic mass is 35.5. The minimum atomic E-state index is -0.512. The monoisotopic (exact) mass is 660 g/mol. The van der Waals surface area contributed by atoms with E-state index in [1.54, 1.807) is 29.8 Å². The van der Waals surface area contributed by atoms with E-state index < -0.39 is 5.60 Å². The van der Waals surface area contributed by atoms with Gasteiger partial charge in [0.05, 0.1) is 49.7 Å². The number of carbonyl (C=O) groups is 1. The summed E-state index contributed by atoms with van der Waals surface area (Å²) in [4.78, 5) is 23.4. The predicted octanol–water partition coefficient (Wildman–Crippen LogP) is 8.03. The second-order valence-electron chi connectivity index (χ2n) is 12.7. The molecule has 0 saturated carbocycles. The fraction of sp³-hybridized carbons (Fsp3) is 0.545. The molecule has 240 valence electrons. The molecule has 0 aliphatic carbocycles. The van der Waals surface area contributed by atoms with Gasteiger partial charge in [0.2, 0.25) is 0 Å². The van der Waals surface area contributed by atoms with E-state index in [0.29, 0.717) is 24.6 Å². The van der Waals surface area contributed by atoms with Crippen LogP contribution in [0.15, 0.2) is 47.4 Å². The van der Waals surface area contributed by atoms with E-state index in [4.69, 9.17) is 14.2 Å². The molecule has 2 aliphatic heterocycles. The van der Waals surface area contributed by atoms with Crippen molar-refractivity contribution in [3.63, 3.8) is 0 Å². The lowest BCUT2D eigenvalue weighted by Crippen LogP contribution is -2.49. The Kier molecular flexibility index (Phi) is 11.6. The minimum Gasteiger partial charge on any atom is -0.444 e. The Morgan fingerprint density at radius 2 is 1.45 bits per heavy atom. The van der Waals surface area contributed by atoms with Crippen LogP contribution in [0, 0.1) is 11.8 Å². The largest absolute Gasteiger partial charge is 0.444 e. The van der Waals surface area contributed by atoms with Gasteiger partial charge in [-0.25, -0.2) is 14.8 Å². The molecule has 2 aromatic carbocycles. The van der Waals surface area contributed by atoms with E-state index >= 15 is 0 Å². The van der Waals surface area contributed by atoms with Crippen molar-refractivity contribution in [2.45, 2.75) is 77.4 Å². The van der Waals surface area contributed by atoms with E-state index in [0.717, 1.165) is 40.7 Å². The highest BCUT2D eigenvalue weighted by molar-refractivity contribution is 7.17. The lowest BCUT2D eigenvalue weighted by Gasteiger charge is -2.42. The van der Waals surface area contributed by atoms with Gasteiger partial charge in [0.15, 0.2) is 0 Å². The molecule has 2 fully saturated rings. The predicted molar refractivity (Wildman–Crippen MR) is 182 cm³/mol. The average molecular weight is 661 g/mol. The highest BCUT2D eigenvalue weighted by Crippen LogP contribution is 2.37. The van der Waals surface area contributed by atoms with Gasteiger partial charge in [-0.15, -0.1) is 35.1 Å². The fourth-order valence-corrected chi connectivity index (χ4v) is 7.38. The molecule has 44 heavy (non-hydrogen) atoms. The first kappa shape index (κ1) is 34.5. The van der Waals surface area contributed by atoms with Crippen molar-refractivity contribution in [1.29, 1.82) is 0 Å². The molecule has 2 aliphatic rings. The van der Waals surface area contributed by atoms with Crippen molar-refractivity contribution in [2.75, 3.05) is 27.3 Å². The number of ether oxygens (including phenoxy) is 3. The van der Waals surface area contributed by atoms with Crippen LogP contribution in [0.4, 0.5) is 4.79 Å². The number of amides is 1. The van der Waals surface area contributed by atoms with Crippen LogP contribution in [-0.2, 0) is 14.2 Å². The van der Waals surface area contributed by atoms with Crippen molar-refractivity contribution in [2.24, 2.45) is 11.8 Å². The Morgan fingerprint density at radius 1 is 0.886 bits per heavy atom. The van der Waals surface area contributed by atoms with Crippen LogP contribution in [0.25, 0.3) is 20.4 Å². The number of nitrogens with one attached hydrogen (secondary N) is 1. The van der Waals surface area contributed by atoms with E-state index in [2.05, 4.69) is 65.5 Å². The Bertz CT molecular complexity index is 1520. The van der Waals surface area contributed by atoms with Crippen LogP contribution in [-0.4, -0.2) is 66.1 Å². The third kappa shape index (κ3) is 8.08. The smallest absolute Gasteiger partial charge is 0.410 e. The molecule has 6 rings (SSSR count). The third-order valence-corrected chi connectivity index (χ3v) is 10.1. The SMILES string of the molecule is COC1C[C@@H](c2ccc3scnc3c2)N(C(=O)OC(C)(C)C)C[C@@H]1C.COC1C[C@@H](c2ccc3scnc3c2)NC[C@@H]1C.Cl. The maximum Gasteiger partial charge on any atom is 0.410 e. The van der Waals surface area contributed by atoms with Crippen molar-refractivity contribution in [3.05, 3.63) is 58.5 Å². The van der Waals surface area contributed by atoms with Crippen molar-refractivity contribution in [1.82, 2.24) is 20.2 Å². The fourth-order valence-electron chi connectivity index (χ4n) is 6.07. The number of halogens is 1. The number of thiazole rings is 2. The van der Waals surface area contributed by atoms with Gasteiger partial charge in [-0.1, -0.05) is 26.0 Å². The molecule has 2 saturated heterocycles. The zero-order valence-corrected chi connectivity index (χ0v) is 29.1. The topological polar surface area (TPSA) is 85.8 Å². The molecule has 1 amide bonds. The summed E-state index contributed by atoms with van der Waals surface area (Å²) < 4.78 is 19.3. The van der Waals surface area contributed by atoms with Gasteiger partial charge in [-0.3, -0.25) is 0 Å². The quantitative estimate of drug-likeness (QED) is 0.237. The number of benzene rings is 2. The highest BCUT2D eigenvalue weighted by Gasteiger charge is 2.39. The number of methoxy groups -OCH3 is 2. The number of rotatable bonds is 4. The summed E-state index contributed by atoms with van der Waals surface area (Å²) in [6.07, 6.45) is 1.99. The van der Waals surface area contributed by atoms with Crippen LogP contribution < -0.4 is 5.32 Å². The Hall–Kier alpha value is -2.34. The number of hydrogen-bond acceptors (Lipinski definition) is 9. The molecular formula is C33H45ClN4O4S2. The van der Waals surface area contributed by atoms with Gasteiger partial charge >= 0.3 is 6.09 Å². The summed E-state index contributed by atoms with van der Waals surface area (Å²) in [5.41, 5.74) is 7.72. The first-order valence-electron chi connectivity index (χ1n) is 15.0. The molecule has 0 bridgehead atoms. The van der Waals surface area contributed by atoms with Gasteiger partial charge < -0.3 is 24.4 Å². The summed E-state index contributed by atoms with van der Waals surface area (Å²) in [5.74, 6) is 0.839. The molecule has 2 unspecified atom stereocenters. The van der Waals surface area contributed by atoms with Crippen LogP contribution >= 0.6 is 35.1 Å². The summed E-state index contributed by atoms with van der Waals surface area (Å²) in [6.45, 7) is 11.7. The molecule has 0 radical (unpaired) electrons. The van der Waals surface area contributed by atoms with Crippen molar-refractivity contribution in [3.8, 4) is 0 Å². The Morgan fingerprint density at radius 3 is 2.05 bits per heavy atom. The maximum atomic E-state index is 12.8. The van der Waals surface area contributed by atoms with Gasteiger partial charge in [0.25, 0.3) is 0 Å². The number of fused-ring (bicyclic) bond motifs is 2. The zero-order valence-electron chi connectivity index (χ0n) is 26.6. The van der Waals surface area contributed by atoms with E-state index in [-0.39, 0.29) is 36.6 Å². The number of piperidine rings is 2. The summed E-state index contributed by atoms with van der Waals surface area (Å²) in [7, 11) is 3.55.